The number of rotatable bonds is 2. The van der Waals surface area contributed by atoms with Gasteiger partial charge in [-0.25, -0.2) is 0 Å². The highest BCUT2D eigenvalue weighted by molar-refractivity contribution is 6.32. The van der Waals surface area contributed by atoms with Crippen molar-refractivity contribution in [3.63, 3.8) is 0 Å². The smallest absolute Gasteiger partial charge is 0.277 e. The highest BCUT2D eigenvalue weighted by atomic mass is 35.5. The molecule has 0 spiro atoms. The summed E-state index contributed by atoms with van der Waals surface area (Å²) in [5, 5.41) is 8.57. The van der Waals surface area contributed by atoms with Crippen LogP contribution in [-0.2, 0) is 12.5 Å². The molecule has 0 saturated heterocycles. The normalized spacial score (nSPS) is 17.7. The van der Waals surface area contributed by atoms with E-state index in [1.807, 2.05) is 0 Å². The van der Waals surface area contributed by atoms with Gasteiger partial charge in [-0.05, 0) is 12.8 Å². The van der Waals surface area contributed by atoms with E-state index >= 15 is 0 Å². The Kier molecular flexibility index (Phi) is 1.89. The SMILES string of the molecule is Cn1ncc(Cl)c1-c1nc(C2(C)CC2)no1. The highest BCUT2D eigenvalue weighted by Gasteiger charge is 2.43. The molecule has 1 aliphatic carbocycles. The van der Waals surface area contributed by atoms with Crippen molar-refractivity contribution in [2.75, 3.05) is 0 Å². The standard InChI is InChI=1S/C10H11ClN4O/c1-10(3-4-10)9-13-8(16-14-9)7-6(11)5-12-15(7)2/h5H,3-4H2,1-2H3. The molecule has 0 bridgehead atoms. The van der Waals surface area contributed by atoms with Gasteiger partial charge in [-0.2, -0.15) is 10.1 Å². The fourth-order valence-electron chi connectivity index (χ4n) is 1.63. The van der Waals surface area contributed by atoms with Gasteiger partial charge in [0.2, 0.25) is 0 Å². The lowest BCUT2D eigenvalue weighted by Gasteiger charge is -1.97. The van der Waals surface area contributed by atoms with Crippen LogP contribution in [0, 0.1) is 0 Å². The number of nitrogens with zero attached hydrogens (tertiary/aromatic N) is 4. The fraction of sp³-hybridized carbons (Fsp3) is 0.500. The molecule has 0 aliphatic heterocycles. The minimum atomic E-state index is 0.104. The van der Waals surface area contributed by atoms with E-state index in [-0.39, 0.29) is 5.41 Å². The molecular weight excluding hydrogens is 228 g/mol. The van der Waals surface area contributed by atoms with Crippen molar-refractivity contribution in [1.82, 2.24) is 19.9 Å². The molecule has 3 rings (SSSR count). The van der Waals surface area contributed by atoms with Crippen LogP contribution in [0.2, 0.25) is 5.02 Å². The first-order valence-electron chi connectivity index (χ1n) is 5.12. The van der Waals surface area contributed by atoms with Crippen molar-refractivity contribution < 1.29 is 4.52 Å². The summed E-state index contributed by atoms with van der Waals surface area (Å²) in [7, 11) is 1.80. The third-order valence-electron chi connectivity index (χ3n) is 3.06. The summed E-state index contributed by atoms with van der Waals surface area (Å²) in [5.41, 5.74) is 0.775. The summed E-state index contributed by atoms with van der Waals surface area (Å²) < 4.78 is 6.86. The number of hydrogen-bond acceptors (Lipinski definition) is 4. The molecule has 1 saturated carbocycles. The maximum absolute atomic E-state index is 6.01. The van der Waals surface area contributed by atoms with E-state index in [4.69, 9.17) is 16.1 Å². The molecule has 5 nitrogen and oxygen atoms in total. The van der Waals surface area contributed by atoms with Gasteiger partial charge in [0, 0.05) is 12.5 Å². The number of aryl methyl sites for hydroxylation is 1. The Morgan fingerprint density at radius 1 is 1.50 bits per heavy atom. The maximum atomic E-state index is 6.01. The van der Waals surface area contributed by atoms with E-state index in [9.17, 15) is 0 Å². The minimum absolute atomic E-state index is 0.104. The fourth-order valence-corrected chi connectivity index (χ4v) is 1.87. The van der Waals surface area contributed by atoms with Crippen LogP contribution >= 0.6 is 11.6 Å². The number of halogens is 1. The summed E-state index contributed by atoms with van der Waals surface area (Å²) in [6.07, 6.45) is 3.80. The topological polar surface area (TPSA) is 56.7 Å². The molecule has 2 aromatic heterocycles. The van der Waals surface area contributed by atoms with Crippen LogP contribution in [-0.4, -0.2) is 19.9 Å². The molecule has 0 radical (unpaired) electrons. The first-order valence-corrected chi connectivity index (χ1v) is 5.50. The van der Waals surface area contributed by atoms with E-state index in [0.29, 0.717) is 16.6 Å². The monoisotopic (exact) mass is 238 g/mol. The van der Waals surface area contributed by atoms with Gasteiger partial charge in [-0.15, -0.1) is 0 Å². The summed E-state index contributed by atoms with van der Waals surface area (Å²) >= 11 is 6.01. The van der Waals surface area contributed by atoms with Crippen molar-refractivity contribution in [2.45, 2.75) is 25.2 Å². The van der Waals surface area contributed by atoms with Gasteiger partial charge in [-0.3, -0.25) is 4.68 Å². The lowest BCUT2D eigenvalue weighted by atomic mass is 10.1. The molecule has 0 N–H and O–H groups in total. The Hall–Kier alpha value is -1.36. The van der Waals surface area contributed by atoms with Gasteiger partial charge in [-0.1, -0.05) is 23.7 Å². The molecule has 1 aliphatic rings. The molecule has 0 atom stereocenters. The quantitative estimate of drug-likeness (QED) is 0.805. The summed E-state index contributed by atoms with van der Waals surface area (Å²) in [6, 6.07) is 0. The van der Waals surface area contributed by atoms with Gasteiger partial charge < -0.3 is 4.52 Å². The zero-order chi connectivity index (χ0) is 11.3. The van der Waals surface area contributed by atoms with Crippen LogP contribution in [0.1, 0.15) is 25.6 Å². The molecule has 1 fully saturated rings. The number of hydrogen-bond donors (Lipinski definition) is 0. The van der Waals surface area contributed by atoms with E-state index in [0.717, 1.165) is 18.7 Å². The van der Waals surface area contributed by atoms with Crippen molar-refractivity contribution >= 4 is 11.6 Å². The summed E-state index contributed by atoms with van der Waals surface area (Å²) in [4.78, 5) is 4.39. The Bertz CT molecular complexity index is 521. The first kappa shape index (κ1) is 9.84. The van der Waals surface area contributed by atoms with Crippen molar-refractivity contribution in [3.05, 3.63) is 17.0 Å². The molecular formula is C10H11ClN4O. The largest absolute Gasteiger partial charge is 0.332 e. The molecule has 6 heteroatoms. The zero-order valence-corrected chi connectivity index (χ0v) is 9.82. The second-order valence-electron chi connectivity index (χ2n) is 4.45. The lowest BCUT2D eigenvalue weighted by Crippen LogP contribution is -2.02. The Morgan fingerprint density at radius 2 is 2.25 bits per heavy atom. The van der Waals surface area contributed by atoms with E-state index < -0.39 is 0 Å². The van der Waals surface area contributed by atoms with Crippen molar-refractivity contribution in [1.29, 1.82) is 0 Å². The van der Waals surface area contributed by atoms with Gasteiger partial charge in [0.05, 0.1) is 11.2 Å². The maximum Gasteiger partial charge on any atom is 0.277 e. The third-order valence-corrected chi connectivity index (χ3v) is 3.34. The van der Waals surface area contributed by atoms with E-state index in [1.165, 1.54) is 0 Å². The molecule has 0 amide bonds. The molecule has 0 unspecified atom stereocenters. The molecule has 84 valence electrons. The second kappa shape index (κ2) is 3.07. The molecule has 2 heterocycles. The minimum Gasteiger partial charge on any atom is -0.332 e. The van der Waals surface area contributed by atoms with Gasteiger partial charge in [0.1, 0.15) is 5.69 Å². The van der Waals surface area contributed by atoms with Gasteiger partial charge in [0.25, 0.3) is 5.89 Å². The molecule has 16 heavy (non-hydrogen) atoms. The van der Waals surface area contributed by atoms with Crippen LogP contribution in [0.15, 0.2) is 10.7 Å². The predicted molar refractivity (Wildman–Crippen MR) is 58.1 cm³/mol. The number of aromatic nitrogens is 4. The Labute approximate surface area is 97.4 Å². The van der Waals surface area contributed by atoms with Crippen LogP contribution in [0.5, 0.6) is 0 Å². The predicted octanol–water partition coefficient (Wildman–Crippen LogP) is 2.17. The van der Waals surface area contributed by atoms with E-state index in [2.05, 4.69) is 22.2 Å². The average molecular weight is 239 g/mol. The second-order valence-corrected chi connectivity index (χ2v) is 4.86. The Morgan fingerprint density at radius 3 is 2.81 bits per heavy atom. The van der Waals surface area contributed by atoms with E-state index in [1.54, 1.807) is 17.9 Å². The molecule has 0 aromatic carbocycles. The van der Waals surface area contributed by atoms with Crippen LogP contribution in [0.3, 0.4) is 0 Å². The summed E-state index contributed by atoms with van der Waals surface area (Å²) in [6.45, 7) is 2.13. The van der Waals surface area contributed by atoms with Gasteiger partial charge >= 0.3 is 0 Å². The third kappa shape index (κ3) is 1.35. The van der Waals surface area contributed by atoms with Crippen LogP contribution in [0.4, 0.5) is 0 Å². The lowest BCUT2D eigenvalue weighted by molar-refractivity contribution is 0.413. The van der Waals surface area contributed by atoms with Crippen LogP contribution < -0.4 is 0 Å². The van der Waals surface area contributed by atoms with Crippen molar-refractivity contribution in [2.24, 2.45) is 7.05 Å². The molecule has 2 aromatic rings. The van der Waals surface area contributed by atoms with Crippen LogP contribution in [0.25, 0.3) is 11.6 Å². The van der Waals surface area contributed by atoms with Crippen molar-refractivity contribution in [3.8, 4) is 11.6 Å². The first-order chi connectivity index (χ1) is 7.60. The van der Waals surface area contributed by atoms with Gasteiger partial charge in [0.15, 0.2) is 5.82 Å². The average Bonchev–Trinajstić information content (AvgIpc) is 2.71. The zero-order valence-electron chi connectivity index (χ0n) is 9.07. The highest BCUT2D eigenvalue weighted by Crippen LogP contribution is 2.46. The summed E-state index contributed by atoms with van der Waals surface area (Å²) in [5.74, 6) is 1.20. The Balaban J connectivity index is 2.04.